The minimum atomic E-state index is 0.481. The Hall–Kier alpha value is -0.960. The van der Waals surface area contributed by atoms with Crippen LogP contribution in [0.15, 0.2) is 24.6 Å². The van der Waals surface area contributed by atoms with E-state index >= 15 is 0 Å². The average Bonchev–Trinajstić information content (AvgIpc) is 2.21. The van der Waals surface area contributed by atoms with E-state index in [2.05, 4.69) is 36.8 Å². The standard InChI is InChI=1S/C14H28N2O/c1-12(2)15(7)8-10-17-11-9-16(13(3)4)14(5)6/h14H,1,3,8-11H2,2,4-7H3. The summed E-state index contributed by atoms with van der Waals surface area (Å²) in [6.45, 7) is 19.5. The molecule has 0 aliphatic rings. The average molecular weight is 240 g/mol. The second-order valence-electron chi connectivity index (χ2n) is 4.79. The topological polar surface area (TPSA) is 15.7 Å². The molecule has 0 saturated carbocycles. The molecule has 0 heterocycles. The summed E-state index contributed by atoms with van der Waals surface area (Å²) in [5.74, 6) is 0. The molecule has 0 N–H and O–H groups in total. The Balaban J connectivity index is 3.69. The third-order valence-electron chi connectivity index (χ3n) is 2.81. The molecule has 0 unspecified atom stereocenters. The van der Waals surface area contributed by atoms with Gasteiger partial charge in [-0.3, -0.25) is 0 Å². The first kappa shape index (κ1) is 16.0. The van der Waals surface area contributed by atoms with Gasteiger partial charge in [0.1, 0.15) is 0 Å². The van der Waals surface area contributed by atoms with Crippen molar-refractivity contribution < 1.29 is 4.74 Å². The van der Waals surface area contributed by atoms with Crippen molar-refractivity contribution in [3.8, 4) is 0 Å². The van der Waals surface area contributed by atoms with Crippen LogP contribution in [0, 0.1) is 0 Å². The zero-order valence-corrected chi connectivity index (χ0v) is 12.1. The van der Waals surface area contributed by atoms with Gasteiger partial charge in [0.15, 0.2) is 0 Å². The summed E-state index contributed by atoms with van der Waals surface area (Å²) < 4.78 is 5.62. The molecule has 0 radical (unpaired) electrons. The number of rotatable bonds is 9. The number of likely N-dealkylation sites (N-methyl/N-ethyl adjacent to an activating group) is 1. The van der Waals surface area contributed by atoms with E-state index in [1.807, 2.05) is 20.9 Å². The van der Waals surface area contributed by atoms with Gasteiger partial charge in [-0.15, -0.1) is 0 Å². The summed E-state index contributed by atoms with van der Waals surface area (Å²) in [5.41, 5.74) is 2.17. The van der Waals surface area contributed by atoms with Crippen LogP contribution in [-0.4, -0.2) is 49.2 Å². The maximum Gasteiger partial charge on any atom is 0.0642 e. The van der Waals surface area contributed by atoms with Crippen LogP contribution in [0.25, 0.3) is 0 Å². The van der Waals surface area contributed by atoms with E-state index in [9.17, 15) is 0 Å². The summed E-state index contributed by atoms with van der Waals surface area (Å²) in [4.78, 5) is 4.35. The van der Waals surface area contributed by atoms with Crippen molar-refractivity contribution in [1.82, 2.24) is 9.80 Å². The molecule has 100 valence electrons. The van der Waals surface area contributed by atoms with Gasteiger partial charge < -0.3 is 14.5 Å². The van der Waals surface area contributed by atoms with Gasteiger partial charge >= 0.3 is 0 Å². The van der Waals surface area contributed by atoms with Crippen LogP contribution in [0.5, 0.6) is 0 Å². The molecule has 3 nitrogen and oxygen atoms in total. The number of hydrogen-bond donors (Lipinski definition) is 0. The van der Waals surface area contributed by atoms with Gasteiger partial charge in [-0.05, 0) is 27.7 Å². The van der Waals surface area contributed by atoms with E-state index < -0.39 is 0 Å². The summed E-state index contributed by atoms with van der Waals surface area (Å²) in [5, 5.41) is 0. The number of allylic oxidation sites excluding steroid dienone is 2. The molecular weight excluding hydrogens is 212 g/mol. The molecule has 0 spiro atoms. The fourth-order valence-corrected chi connectivity index (χ4v) is 1.55. The molecule has 0 bridgehead atoms. The van der Waals surface area contributed by atoms with Gasteiger partial charge in [-0.2, -0.15) is 0 Å². The Morgan fingerprint density at radius 1 is 1.06 bits per heavy atom. The highest BCUT2D eigenvalue weighted by atomic mass is 16.5. The Morgan fingerprint density at radius 2 is 1.59 bits per heavy atom. The largest absolute Gasteiger partial charge is 0.378 e. The lowest BCUT2D eigenvalue weighted by molar-refractivity contribution is 0.0952. The SMILES string of the molecule is C=C(C)N(C)CCOCCN(C(=C)C)C(C)C. The first-order valence-corrected chi connectivity index (χ1v) is 6.22. The monoisotopic (exact) mass is 240 g/mol. The molecule has 3 heteroatoms. The predicted molar refractivity (Wildman–Crippen MR) is 74.9 cm³/mol. The van der Waals surface area contributed by atoms with Crippen LogP contribution in [-0.2, 0) is 4.74 Å². The minimum Gasteiger partial charge on any atom is -0.378 e. The second-order valence-corrected chi connectivity index (χ2v) is 4.79. The fraction of sp³-hybridized carbons (Fsp3) is 0.714. The number of ether oxygens (including phenoxy) is 1. The molecule has 17 heavy (non-hydrogen) atoms. The van der Waals surface area contributed by atoms with Gasteiger partial charge in [0.25, 0.3) is 0 Å². The quantitative estimate of drug-likeness (QED) is 0.576. The molecule has 0 aliphatic heterocycles. The Kier molecular flexibility index (Phi) is 7.72. The van der Waals surface area contributed by atoms with Crippen molar-refractivity contribution in [2.75, 3.05) is 33.4 Å². The van der Waals surface area contributed by atoms with E-state index in [1.165, 1.54) is 0 Å². The highest BCUT2D eigenvalue weighted by Gasteiger charge is 2.07. The van der Waals surface area contributed by atoms with Crippen LogP contribution in [0.4, 0.5) is 0 Å². The summed E-state index contributed by atoms with van der Waals surface area (Å²) in [6.07, 6.45) is 0. The number of nitrogens with zero attached hydrogens (tertiary/aromatic N) is 2. The molecule has 0 amide bonds. The third kappa shape index (κ3) is 7.05. The molecule has 0 saturated heterocycles. The van der Waals surface area contributed by atoms with E-state index in [4.69, 9.17) is 4.74 Å². The van der Waals surface area contributed by atoms with Crippen LogP contribution < -0.4 is 0 Å². The third-order valence-corrected chi connectivity index (χ3v) is 2.81. The zero-order valence-electron chi connectivity index (χ0n) is 12.1. The van der Waals surface area contributed by atoms with Gasteiger partial charge in [0, 0.05) is 37.6 Å². The molecule has 0 aromatic heterocycles. The van der Waals surface area contributed by atoms with Gasteiger partial charge in [0.2, 0.25) is 0 Å². The van der Waals surface area contributed by atoms with E-state index in [-0.39, 0.29) is 0 Å². The summed E-state index contributed by atoms with van der Waals surface area (Å²) in [6, 6.07) is 0.481. The molecule has 0 fully saturated rings. The molecule has 0 atom stereocenters. The van der Waals surface area contributed by atoms with E-state index in [0.29, 0.717) is 6.04 Å². The molecule has 0 aromatic rings. The van der Waals surface area contributed by atoms with Crippen LogP contribution in [0.1, 0.15) is 27.7 Å². The minimum absolute atomic E-state index is 0.481. The highest BCUT2D eigenvalue weighted by molar-refractivity contribution is 4.90. The fourth-order valence-electron chi connectivity index (χ4n) is 1.55. The molecule has 0 aliphatic carbocycles. The van der Waals surface area contributed by atoms with Crippen molar-refractivity contribution in [2.45, 2.75) is 33.7 Å². The van der Waals surface area contributed by atoms with Gasteiger partial charge in [0.05, 0.1) is 13.2 Å². The lowest BCUT2D eigenvalue weighted by Crippen LogP contribution is -2.32. The Bertz CT molecular complexity index is 249. The smallest absolute Gasteiger partial charge is 0.0642 e. The van der Waals surface area contributed by atoms with Crippen LogP contribution >= 0.6 is 0 Å². The maximum absolute atomic E-state index is 5.62. The van der Waals surface area contributed by atoms with Crippen LogP contribution in [0.2, 0.25) is 0 Å². The van der Waals surface area contributed by atoms with Gasteiger partial charge in [-0.1, -0.05) is 13.2 Å². The Labute approximate surface area is 107 Å². The van der Waals surface area contributed by atoms with Crippen molar-refractivity contribution in [1.29, 1.82) is 0 Å². The lowest BCUT2D eigenvalue weighted by atomic mass is 10.3. The van der Waals surface area contributed by atoms with E-state index in [1.54, 1.807) is 0 Å². The molecule has 0 rings (SSSR count). The molecule has 0 aromatic carbocycles. The van der Waals surface area contributed by atoms with Crippen molar-refractivity contribution in [3.63, 3.8) is 0 Å². The first-order chi connectivity index (χ1) is 7.86. The first-order valence-electron chi connectivity index (χ1n) is 6.22. The highest BCUT2D eigenvalue weighted by Crippen LogP contribution is 2.05. The zero-order chi connectivity index (χ0) is 13.4. The predicted octanol–water partition coefficient (Wildman–Crippen LogP) is 2.71. The van der Waals surface area contributed by atoms with Crippen LogP contribution in [0.3, 0.4) is 0 Å². The van der Waals surface area contributed by atoms with Crippen molar-refractivity contribution in [2.24, 2.45) is 0 Å². The normalized spacial score (nSPS) is 10.5. The lowest BCUT2D eigenvalue weighted by Gasteiger charge is -2.29. The molecular formula is C14H28N2O. The second kappa shape index (κ2) is 8.18. The summed E-state index contributed by atoms with van der Waals surface area (Å²) >= 11 is 0. The van der Waals surface area contributed by atoms with Crippen molar-refractivity contribution in [3.05, 3.63) is 24.6 Å². The van der Waals surface area contributed by atoms with Crippen molar-refractivity contribution >= 4 is 0 Å². The number of hydrogen-bond acceptors (Lipinski definition) is 3. The van der Waals surface area contributed by atoms with E-state index in [0.717, 1.165) is 37.7 Å². The Morgan fingerprint density at radius 3 is 2.00 bits per heavy atom. The summed E-state index contributed by atoms with van der Waals surface area (Å²) in [7, 11) is 2.03. The maximum atomic E-state index is 5.62. The van der Waals surface area contributed by atoms with Gasteiger partial charge in [-0.25, -0.2) is 0 Å².